The lowest BCUT2D eigenvalue weighted by Crippen LogP contribution is -2.39. The van der Waals surface area contributed by atoms with Crippen molar-refractivity contribution in [3.8, 4) is 0 Å². The van der Waals surface area contributed by atoms with Crippen molar-refractivity contribution in [1.29, 1.82) is 0 Å². The fourth-order valence-electron chi connectivity index (χ4n) is 1.99. The highest BCUT2D eigenvalue weighted by molar-refractivity contribution is 7.84. The van der Waals surface area contributed by atoms with E-state index in [-0.39, 0.29) is 11.9 Å². The van der Waals surface area contributed by atoms with Gasteiger partial charge >= 0.3 is 0 Å². The Labute approximate surface area is 124 Å². The van der Waals surface area contributed by atoms with Crippen molar-refractivity contribution in [2.24, 2.45) is 0 Å². The molecule has 0 aliphatic carbocycles. The molecule has 0 bridgehead atoms. The minimum atomic E-state index is -0.849. The van der Waals surface area contributed by atoms with Crippen LogP contribution in [0.15, 0.2) is 18.2 Å². The van der Waals surface area contributed by atoms with Crippen LogP contribution in [-0.4, -0.2) is 46.7 Å². The van der Waals surface area contributed by atoms with E-state index in [2.05, 4.69) is 5.32 Å². The number of nitrogens with zero attached hydrogens (tertiary/aromatic N) is 1. The molecule has 1 amide bonds. The molecule has 112 valence electrons. The van der Waals surface area contributed by atoms with Crippen molar-refractivity contribution < 1.29 is 9.00 Å². The third-order valence-corrected chi connectivity index (χ3v) is 4.23. The van der Waals surface area contributed by atoms with Gasteiger partial charge in [-0.3, -0.25) is 13.9 Å². The molecule has 1 rings (SSSR count). The van der Waals surface area contributed by atoms with E-state index in [1.807, 2.05) is 50.9 Å². The van der Waals surface area contributed by atoms with E-state index in [4.69, 9.17) is 0 Å². The van der Waals surface area contributed by atoms with Crippen LogP contribution in [0, 0.1) is 13.8 Å². The first-order valence-electron chi connectivity index (χ1n) is 6.67. The molecule has 0 aromatic heterocycles. The molecule has 0 aliphatic rings. The van der Waals surface area contributed by atoms with Crippen LogP contribution >= 0.6 is 0 Å². The highest BCUT2D eigenvalue weighted by atomic mass is 32.2. The van der Waals surface area contributed by atoms with Gasteiger partial charge in [-0.25, -0.2) is 0 Å². The lowest BCUT2D eigenvalue weighted by atomic mass is 10.1. The van der Waals surface area contributed by atoms with Gasteiger partial charge in [0.05, 0.1) is 6.54 Å². The molecule has 1 N–H and O–H groups in total. The smallest absolute Gasteiger partial charge is 0.238 e. The van der Waals surface area contributed by atoms with Crippen LogP contribution in [0.4, 0.5) is 5.69 Å². The second kappa shape index (κ2) is 7.55. The Morgan fingerprint density at radius 2 is 2.05 bits per heavy atom. The van der Waals surface area contributed by atoms with Crippen molar-refractivity contribution >= 4 is 22.4 Å². The molecule has 0 heterocycles. The van der Waals surface area contributed by atoms with Gasteiger partial charge in [-0.05, 0) is 39.4 Å². The average Bonchev–Trinajstić information content (AvgIpc) is 2.31. The summed E-state index contributed by atoms with van der Waals surface area (Å²) in [7, 11) is 1.03. The first-order valence-corrected chi connectivity index (χ1v) is 8.39. The Bertz CT molecular complexity index is 503. The summed E-state index contributed by atoms with van der Waals surface area (Å²) in [5.41, 5.74) is 3.08. The number of rotatable bonds is 6. The summed E-state index contributed by atoms with van der Waals surface area (Å²) >= 11 is 0. The molecule has 2 atom stereocenters. The molecule has 2 unspecified atom stereocenters. The predicted molar refractivity (Wildman–Crippen MR) is 85.6 cm³/mol. The zero-order valence-corrected chi connectivity index (χ0v) is 13.7. The third-order valence-electron chi connectivity index (χ3n) is 3.28. The summed E-state index contributed by atoms with van der Waals surface area (Å²) in [6, 6.07) is 6.07. The van der Waals surface area contributed by atoms with Gasteiger partial charge in [-0.1, -0.05) is 17.7 Å². The summed E-state index contributed by atoms with van der Waals surface area (Å²) in [6.45, 7) is 6.28. The quantitative estimate of drug-likeness (QED) is 0.873. The van der Waals surface area contributed by atoms with Crippen molar-refractivity contribution in [1.82, 2.24) is 4.90 Å². The predicted octanol–water partition coefficient (Wildman–Crippen LogP) is 1.94. The number of nitrogens with one attached hydrogen (secondary N) is 1. The van der Waals surface area contributed by atoms with Crippen LogP contribution < -0.4 is 5.32 Å². The molecule has 20 heavy (non-hydrogen) atoms. The van der Waals surface area contributed by atoms with E-state index in [9.17, 15) is 9.00 Å². The van der Waals surface area contributed by atoms with Gasteiger partial charge in [0.15, 0.2) is 0 Å². The largest absolute Gasteiger partial charge is 0.325 e. The van der Waals surface area contributed by atoms with E-state index in [0.717, 1.165) is 11.3 Å². The van der Waals surface area contributed by atoms with Crippen molar-refractivity contribution in [3.63, 3.8) is 0 Å². The molecule has 0 fully saturated rings. The number of amides is 1. The first-order chi connectivity index (χ1) is 9.29. The molecular formula is C15H24N2O2S. The Hall–Kier alpha value is -1.20. The van der Waals surface area contributed by atoms with E-state index in [0.29, 0.717) is 12.3 Å². The molecule has 1 aromatic rings. The van der Waals surface area contributed by atoms with E-state index >= 15 is 0 Å². The molecule has 0 saturated heterocycles. The van der Waals surface area contributed by atoms with Gasteiger partial charge in [0.1, 0.15) is 0 Å². The standard InChI is InChI=1S/C15H24N2O2S/c1-11-6-7-14(12(2)8-11)16-15(18)9-17(4)13(3)10-20(5)19/h6-8,13H,9-10H2,1-5H3,(H,16,18). The van der Waals surface area contributed by atoms with Gasteiger partial charge in [0.2, 0.25) is 5.91 Å². The maximum atomic E-state index is 12.0. The minimum absolute atomic E-state index is 0.0480. The third kappa shape index (κ3) is 5.43. The molecule has 0 saturated carbocycles. The molecule has 0 aliphatic heterocycles. The Kier molecular flexibility index (Phi) is 6.36. The van der Waals surface area contributed by atoms with Crippen LogP contribution in [0.2, 0.25) is 0 Å². The Morgan fingerprint density at radius 1 is 1.40 bits per heavy atom. The number of aryl methyl sites for hydroxylation is 2. The zero-order valence-electron chi connectivity index (χ0n) is 12.9. The van der Waals surface area contributed by atoms with Crippen LogP contribution in [0.3, 0.4) is 0 Å². The molecule has 0 radical (unpaired) electrons. The number of carbonyl (C=O) groups is 1. The maximum absolute atomic E-state index is 12.0. The van der Waals surface area contributed by atoms with Crippen molar-refractivity contribution in [3.05, 3.63) is 29.3 Å². The number of hydrogen-bond acceptors (Lipinski definition) is 3. The number of anilines is 1. The maximum Gasteiger partial charge on any atom is 0.238 e. The Morgan fingerprint density at radius 3 is 2.60 bits per heavy atom. The molecule has 4 nitrogen and oxygen atoms in total. The number of likely N-dealkylation sites (N-methyl/N-ethyl adjacent to an activating group) is 1. The van der Waals surface area contributed by atoms with E-state index in [1.54, 1.807) is 6.26 Å². The second-order valence-corrected chi connectivity index (χ2v) is 6.85. The van der Waals surface area contributed by atoms with Crippen LogP contribution in [0.25, 0.3) is 0 Å². The highest BCUT2D eigenvalue weighted by Crippen LogP contribution is 2.15. The topological polar surface area (TPSA) is 49.4 Å². The van der Waals surface area contributed by atoms with Crippen LogP contribution in [0.1, 0.15) is 18.1 Å². The SMILES string of the molecule is Cc1ccc(NC(=O)CN(C)C(C)CS(C)=O)c(C)c1. The normalized spacial score (nSPS) is 14.1. The number of hydrogen-bond donors (Lipinski definition) is 1. The fourth-order valence-corrected chi connectivity index (χ4v) is 2.93. The van der Waals surface area contributed by atoms with Gasteiger partial charge in [0, 0.05) is 34.5 Å². The average molecular weight is 296 g/mol. The monoisotopic (exact) mass is 296 g/mol. The summed E-state index contributed by atoms with van der Waals surface area (Å²) < 4.78 is 11.2. The lowest BCUT2D eigenvalue weighted by molar-refractivity contribution is -0.117. The van der Waals surface area contributed by atoms with Crippen LogP contribution in [-0.2, 0) is 15.6 Å². The first kappa shape index (κ1) is 16.9. The van der Waals surface area contributed by atoms with E-state index < -0.39 is 10.8 Å². The molecule has 1 aromatic carbocycles. The van der Waals surface area contributed by atoms with Gasteiger partial charge in [0.25, 0.3) is 0 Å². The summed E-state index contributed by atoms with van der Waals surface area (Å²) in [5.74, 6) is 0.529. The highest BCUT2D eigenvalue weighted by Gasteiger charge is 2.14. The van der Waals surface area contributed by atoms with Gasteiger partial charge < -0.3 is 5.32 Å². The lowest BCUT2D eigenvalue weighted by Gasteiger charge is -2.23. The van der Waals surface area contributed by atoms with Gasteiger partial charge in [-0.15, -0.1) is 0 Å². The van der Waals surface area contributed by atoms with Gasteiger partial charge in [-0.2, -0.15) is 0 Å². The second-order valence-electron chi connectivity index (χ2n) is 5.37. The number of carbonyl (C=O) groups excluding carboxylic acids is 1. The number of benzene rings is 1. The summed E-state index contributed by atoms with van der Waals surface area (Å²) in [6.07, 6.45) is 1.68. The van der Waals surface area contributed by atoms with E-state index in [1.165, 1.54) is 5.56 Å². The minimum Gasteiger partial charge on any atom is -0.325 e. The molecule has 5 heteroatoms. The van der Waals surface area contributed by atoms with Crippen LogP contribution in [0.5, 0.6) is 0 Å². The summed E-state index contributed by atoms with van der Waals surface area (Å²) in [5, 5.41) is 2.92. The van der Waals surface area contributed by atoms with Crippen molar-refractivity contribution in [2.75, 3.05) is 30.9 Å². The molecule has 0 spiro atoms. The fraction of sp³-hybridized carbons (Fsp3) is 0.533. The Balaban J connectivity index is 2.57. The summed E-state index contributed by atoms with van der Waals surface area (Å²) in [4.78, 5) is 13.9. The molecular weight excluding hydrogens is 272 g/mol. The zero-order chi connectivity index (χ0) is 15.3. The van der Waals surface area contributed by atoms with Crippen molar-refractivity contribution in [2.45, 2.75) is 26.8 Å².